The van der Waals surface area contributed by atoms with E-state index in [9.17, 15) is 0 Å². The lowest BCUT2D eigenvalue weighted by Gasteiger charge is -2.40. The fourth-order valence-corrected chi connectivity index (χ4v) is 2.60. The van der Waals surface area contributed by atoms with E-state index in [0.717, 1.165) is 12.6 Å². The lowest BCUT2D eigenvalue weighted by molar-refractivity contribution is 0.0750. The molecule has 0 amide bonds. The predicted molar refractivity (Wildman–Crippen MR) is 70.9 cm³/mol. The molecule has 1 aliphatic heterocycles. The molecule has 1 heterocycles. The van der Waals surface area contributed by atoms with E-state index in [1.165, 1.54) is 39.0 Å². The highest BCUT2D eigenvalue weighted by Crippen LogP contribution is 2.12. The maximum absolute atomic E-state index is 3.33. The standard InChI is InChI=1S/C13H29N3/c1-5-6-13(11-14-4)16-9-7-15(8-10-16)12(2)3/h12-14H,5-11H2,1-4H3. The number of piperazine rings is 1. The third-order valence-corrected chi connectivity index (χ3v) is 3.66. The Morgan fingerprint density at radius 1 is 1.06 bits per heavy atom. The van der Waals surface area contributed by atoms with Gasteiger partial charge in [0.15, 0.2) is 0 Å². The molecule has 1 unspecified atom stereocenters. The van der Waals surface area contributed by atoms with Gasteiger partial charge in [-0.05, 0) is 27.3 Å². The van der Waals surface area contributed by atoms with Crippen LogP contribution in [0.5, 0.6) is 0 Å². The average molecular weight is 227 g/mol. The van der Waals surface area contributed by atoms with Crippen molar-refractivity contribution in [2.75, 3.05) is 39.8 Å². The molecule has 1 rings (SSSR count). The quantitative estimate of drug-likeness (QED) is 0.740. The van der Waals surface area contributed by atoms with Crippen molar-refractivity contribution in [3.63, 3.8) is 0 Å². The van der Waals surface area contributed by atoms with Crippen LogP contribution in [0.25, 0.3) is 0 Å². The van der Waals surface area contributed by atoms with Crippen LogP contribution in [0.3, 0.4) is 0 Å². The summed E-state index contributed by atoms with van der Waals surface area (Å²) in [6.07, 6.45) is 2.61. The lowest BCUT2D eigenvalue weighted by Crippen LogP contribution is -2.53. The first-order chi connectivity index (χ1) is 7.69. The Morgan fingerprint density at radius 2 is 1.62 bits per heavy atom. The molecule has 1 saturated heterocycles. The SMILES string of the molecule is CCCC(CNC)N1CCN(C(C)C)CC1. The highest BCUT2D eigenvalue weighted by molar-refractivity contribution is 4.80. The van der Waals surface area contributed by atoms with Gasteiger partial charge in [0.05, 0.1) is 0 Å². The van der Waals surface area contributed by atoms with Crippen LogP contribution in [-0.2, 0) is 0 Å². The summed E-state index contributed by atoms with van der Waals surface area (Å²) < 4.78 is 0. The van der Waals surface area contributed by atoms with Crippen molar-refractivity contribution in [1.82, 2.24) is 15.1 Å². The molecule has 1 atom stereocenters. The smallest absolute Gasteiger partial charge is 0.0221 e. The van der Waals surface area contributed by atoms with Gasteiger partial charge in [-0.2, -0.15) is 0 Å². The van der Waals surface area contributed by atoms with E-state index in [1.54, 1.807) is 0 Å². The van der Waals surface area contributed by atoms with Gasteiger partial charge in [-0.1, -0.05) is 13.3 Å². The van der Waals surface area contributed by atoms with Crippen LogP contribution in [0.4, 0.5) is 0 Å². The van der Waals surface area contributed by atoms with Crippen molar-refractivity contribution >= 4 is 0 Å². The summed E-state index contributed by atoms with van der Waals surface area (Å²) in [7, 11) is 2.06. The van der Waals surface area contributed by atoms with E-state index in [0.29, 0.717) is 6.04 Å². The molecular formula is C13H29N3. The Hall–Kier alpha value is -0.120. The van der Waals surface area contributed by atoms with E-state index in [-0.39, 0.29) is 0 Å². The van der Waals surface area contributed by atoms with Crippen molar-refractivity contribution in [2.45, 2.75) is 45.7 Å². The zero-order valence-electron chi connectivity index (χ0n) is 11.5. The van der Waals surface area contributed by atoms with E-state index >= 15 is 0 Å². The molecular weight excluding hydrogens is 198 g/mol. The second-order valence-electron chi connectivity index (χ2n) is 5.17. The summed E-state index contributed by atoms with van der Waals surface area (Å²) in [6.45, 7) is 13.0. The van der Waals surface area contributed by atoms with E-state index < -0.39 is 0 Å². The summed E-state index contributed by atoms with van der Waals surface area (Å²) in [6, 6.07) is 1.44. The number of hydrogen-bond donors (Lipinski definition) is 1. The molecule has 0 bridgehead atoms. The van der Waals surface area contributed by atoms with Gasteiger partial charge in [0.1, 0.15) is 0 Å². The van der Waals surface area contributed by atoms with Gasteiger partial charge in [0.2, 0.25) is 0 Å². The van der Waals surface area contributed by atoms with Crippen LogP contribution < -0.4 is 5.32 Å². The zero-order valence-corrected chi connectivity index (χ0v) is 11.5. The summed E-state index contributed by atoms with van der Waals surface area (Å²) in [5.41, 5.74) is 0. The summed E-state index contributed by atoms with van der Waals surface area (Å²) in [5.74, 6) is 0. The van der Waals surface area contributed by atoms with Gasteiger partial charge in [0, 0.05) is 44.8 Å². The molecule has 1 aliphatic rings. The van der Waals surface area contributed by atoms with Crippen LogP contribution in [0.15, 0.2) is 0 Å². The Kier molecular flexibility index (Phi) is 6.32. The fourth-order valence-electron chi connectivity index (χ4n) is 2.60. The van der Waals surface area contributed by atoms with Gasteiger partial charge >= 0.3 is 0 Å². The van der Waals surface area contributed by atoms with Gasteiger partial charge in [-0.3, -0.25) is 9.80 Å². The van der Waals surface area contributed by atoms with Crippen LogP contribution in [0.2, 0.25) is 0 Å². The molecule has 0 saturated carbocycles. The first kappa shape index (κ1) is 13.9. The molecule has 3 nitrogen and oxygen atoms in total. The molecule has 16 heavy (non-hydrogen) atoms. The van der Waals surface area contributed by atoms with Gasteiger partial charge in [0.25, 0.3) is 0 Å². The monoisotopic (exact) mass is 227 g/mol. The highest BCUT2D eigenvalue weighted by atomic mass is 15.3. The third kappa shape index (κ3) is 4.04. The minimum Gasteiger partial charge on any atom is -0.318 e. The number of nitrogens with zero attached hydrogens (tertiary/aromatic N) is 2. The molecule has 0 aromatic heterocycles. The predicted octanol–water partition coefficient (Wildman–Crippen LogP) is 1.40. The Labute approximate surface area is 101 Å². The number of hydrogen-bond acceptors (Lipinski definition) is 3. The van der Waals surface area contributed by atoms with Crippen molar-refractivity contribution in [3.8, 4) is 0 Å². The minimum atomic E-state index is 0.705. The van der Waals surface area contributed by atoms with E-state index in [1.807, 2.05) is 0 Å². The second-order valence-corrected chi connectivity index (χ2v) is 5.17. The Morgan fingerprint density at radius 3 is 2.06 bits per heavy atom. The van der Waals surface area contributed by atoms with Crippen molar-refractivity contribution in [2.24, 2.45) is 0 Å². The van der Waals surface area contributed by atoms with Gasteiger partial charge < -0.3 is 5.32 Å². The molecule has 1 fully saturated rings. The molecule has 0 aromatic rings. The molecule has 0 aromatic carbocycles. The number of nitrogens with one attached hydrogen (secondary N) is 1. The molecule has 0 aliphatic carbocycles. The van der Waals surface area contributed by atoms with Crippen LogP contribution in [0, 0.1) is 0 Å². The Balaban J connectivity index is 2.37. The number of rotatable bonds is 6. The normalized spacial score (nSPS) is 21.6. The second kappa shape index (κ2) is 7.25. The number of likely N-dealkylation sites (N-methyl/N-ethyl adjacent to an activating group) is 1. The van der Waals surface area contributed by atoms with Crippen LogP contribution in [-0.4, -0.2) is 61.7 Å². The Bertz CT molecular complexity index is 168. The van der Waals surface area contributed by atoms with Crippen LogP contribution >= 0.6 is 0 Å². The largest absolute Gasteiger partial charge is 0.318 e. The lowest BCUT2D eigenvalue weighted by atomic mass is 10.1. The van der Waals surface area contributed by atoms with Crippen molar-refractivity contribution < 1.29 is 0 Å². The van der Waals surface area contributed by atoms with Crippen LogP contribution in [0.1, 0.15) is 33.6 Å². The minimum absolute atomic E-state index is 0.705. The average Bonchev–Trinajstić information content (AvgIpc) is 2.29. The summed E-state index contributed by atoms with van der Waals surface area (Å²) in [4.78, 5) is 5.25. The molecule has 96 valence electrons. The molecule has 0 spiro atoms. The van der Waals surface area contributed by atoms with E-state index in [4.69, 9.17) is 0 Å². The maximum atomic E-state index is 3.33. The van der Waals surface area contributed by atoms with E-state index in [2.05, 4.69) is 42.9 Å². The zero-order chi connectivity index (χ0) is 12.0. The van der Waals surface area contributed by atoms with Gasteiger partial charge in [-0.25, -0.2) is 0 Å². The first-order valence-electron chi connectivity index (χ1n) is 6.81. The van der Waals surface area contributed by atoms with Gasteiger partial charge in [-0.15, -0.1) is 0 Å². The fraction of sp³-hybridized carbons (Fsp3) is 1.00. The summed E-state index contributed by atoms with van der Waals surface area (Å²) >= 11 is 0. The van der Waals surface area contributed by atoms with Crippen molar-refractivity contribution in [3.05, 3.63) is 0 Å². The molecule has 0 radical (unpaired) electrons. The first-order valence-corrected chi connectivity index (χ1v) is 6.81. The third-order valence-electron chi connectivity index (χ3n) is 3.66. The molecule has 3 heteroatoms. The summed E-state index contributed by atoms with van der Waals surface area (Å²) in [5, 5.41) is 3.33. The maximum Gasteiger partial charge on any atom is 0.0221 e. The topological polar surface area (TPSA) is 18.5 Å². The highest BCUT2D eigenvalue weighted by Gasteiger charge is 2.23. The molecule has 1 N–H and O–H groups in total. The van der Waals surface area contributed by atoms with Crippen molar-refractivity contribution in [1.29, 1.82) is 0 Å².